The number of aliphatic carboxylic acids is 1. The Balaban J connectivity index is 1.61. The number of rotatable bonds is 6. The maximum atomic E-state index is 13.1. The van der Waals surface area contributed by atoms with Gasteiger partial charge in [-0.15, -0.1) is 0 Å². The standard InChI is InChI=1S/C24H20N2O4S2/c1-14(23(29)30)25-21(27)10-11-26-22(28)20(32-24(26)31)13-19-17-8-4-2-6-15(17)12-16-7-3-5-9-18(16)19/h2-9,12-14H,10-11H2,1H3,(H,25,27)(H,29,30)/b20-13-. The van der Waals surface area contributed by atoms with Crippen molar-refractivity contribution in [3.05, 3.63) is 65.1 Å². The molecule has 8 heteroatoms. The molecule has 1 fully saturated rings. The lowest BCUT2D eigenvalue weighted by Crippen LogP contribution is -2.40. The summed E-state index contributed by atoms with van der Waals surface area (Å²) in [6.07, 6.45) is 1.84. The van der Waals surface area contributed by atoms with E-state index < -0.39 is 17.9 Å². The SMILES string of the molecule is CC(NC(=O)CCN1C(=O)/C(=C/c2c3ccccc3cc3ccccc23)SC1=S)C(=O)O. The number of hydrogen-bond donors (Lipinski definition) is 2. The maximum absolute atomic E-state index is 13.1. The molecule has 0 spiro atoms. The van der Waals surface area contributed by atoms with E-state index in [2.05, 4.69) is 11.4 Å². The summed E-state index contributed by atoms with van der Waals surface area (Å²) in [5.74, 6) is -1.82. The Bertz CT molecular complexity index is 1250. The number of thiocarbonyl (C=S) groups is 1. The zero-order valence-electron chi connectivity index (χ0n) is 17.2. The highest BCUT2D eigenvalue weighted by Gasteiger charge is 2.32. The molecule has 0 aromatic heterocycles. The van der Waals surface area contributed by atoms with Crippen LogP contribution < -0.4 is 5.32 Å². The van der Waals surface area contributed by atoms with Crippen molar-refractivity contribution >= 4 is 73.7 Å². The smallest absolute Gasteiger partial charge is 0.325 e. The van der Waals surface area contributed by atoms with E-state index in [-0.39, 0.29) is 18.9 Å². The molecule has 0 radical (unpaired) electrons. The number of nitrogens with zero attached hydrogens (tertiary/aromatic N) is 1. The molecule has 1 aliphatic heterocycles. The summed E-state index contributed by atoms with van der Waals surface area (Å²) < 4.78 is 0.380. The van der Waals surface area contributed by atoms with E-state index in [9.17, 15) is 14.4 Å². The van der Waals surface area contributed by atoms with E-state index in [1.165, 1.54) is 23.6 Å². The predicted molar refractivity (Wildman–Crippen MR) is 131 cm³/mol. The van der Waals surface area contributed by atoms with Gasteiger partial charge in [-0.2, -0.15) is 0 Å². The number of carboxylic acid groups (broad SMARTS) is 1. The van der Waals surface area contributed by atoms with Crippen LogP contribution in [0.5, 0.6) is 0 Å². The molecule has 1 saturated heterocycles. The van der Waals surface area contributed by atoms with E-state index in [0.717, 1.165) is 27.1 Å². The van der Waals surface area contributed by atoms with Crippen molar-refractivity contribution < 1.29 is 19.5 Å². The van der Waals surface area contributed by atoms with Crippen molar-refractivity contribution in [2.75, 3.05) is 6.54 Å². The van der Waals surface area contributed by atoms with Crippen LogP contribution in [0.3, 0.4) is 0 Å². The van der Waals surface area contributed by atoms with Crippen molar-refractivity contribution in [1.82, 2.24) is 10.2 Å². The number of hydrogen-bond acceptors (Lipinski definition) is 5. The molecule has 3 aromatic carbocycles. The Morgan fingerprint density at radius 1 is 1.12 bits per heavy atom. The number of amides is 2. The molecule has 1 heterocycles. The molecule has 4 rings (SSSR count). The zero-order valence-corrected chi connectivity index (χ0v) is 18.8. The highest BCUT2D eigenvalue weighted by molar-refractivity contribution is 8.26. The average Bonchev–Trinajstić information content (AvgIpc) is 3.04. The van der Waals surface area contributed by atoms with Gasteiger partial charge in [-0.1, -0.05) is 72.5 Å². The molecular formula is C24H20N2O4S2. The maximum Gasteiger partial charge on any atom is 0.325 e. The minimum absolute atomic E-state index is 0.0332. The summed E-state index contributed by atoms with van der Waals surface area (Å²) in [7, 11) is 0. The zero-order chi connectivity index (χ0) is 22.8. The van der Waals surface area contributed by atoms with Crippen LogP contribution in [-0.2, 0) is 14.4 Å². The van der Waals surface area contributed by atoms with Crippen LogP contribution in [0.2, 0.25) is 0 Å². The molecule has 0 aliphatic carbocycles. The van der Waals surface area contributed by atoms with Gasteiger partial charge in [0.2, 0.25) is 5.91 Å². The minimum atomic E-state index is -1.12. The van der Waals surface area contributed by atoms with E-state index >= 15 is 0 Å². The van der Waals surface area contributed by atoms with Gasteiger partial charge in [-0.25, -0.2) is 0 Å². The van der Waals surface area contributed by atoms with Gasteiger partial charge in [0.25, 0.3) is 5.91 Å². The number of carboxylic acids is 1. The number of carbonyl (C=O) groups excluding carboxylic acids is 2. The van der Waals surface area contributed by atoms with Crippen molar-refractivity contribution in [2.24, 2.45) is 0 Å². The lowest BCUT2D eigenvalue weighted by Gasteiger charge is -2.15. The number of nitrogens with one attached hydrogen (secondary N) is 1. The molecule has 1 atom stereocenters. The molecule has 1 aliphatic rings. The molecule has 2 N–H and O–H groups in total. The molecule has 0 bridgehead atoms. The number of carbonyl (C=O) groups is 3. The summed E-state index contributed by atoms with van der Waals surface area (Å²) in [5.41, 5.74) is 0.951. The van der Waals surface area contributed by atoms with Gasteiger partial charge in [-0.3, -0.25) is 19.3 Å². The van der Waals surface area contributed by atoms with Gasteiger partial charge in [0, 0.05) is 13.0 Å². The number of fused-ring (bicyclic) bond motifs is 2. The second kappa shape index (κ2) is 9.10. The predicted octanol–water partition coefficient (Wildman–Crippen LogP) is 4.17. The highest BCUT2D eigenvalue weighted by Crippen LogP contribution is 2.36. The third kappa shape index (κ3) is 4.37. The van der Waals surface area contributed by atoms with Crippen LogP contribution in [0.15, 0.2) is 59.5 Å². The van der Waals surface area contributed by atoms with Crippen LogP contribution in [0, 0.1) is 0 Å². The molecule has 3 aromatic rings. The average molecular weight is 465 g/mol. The van der Waals surface area contributed by atoms with Crippen LogP contribution in [-0.4, -0.2) is 44.7 Å². The third-order valence-electron chi connectivity index (χ3n) is 5.27. The first-order chi connectivity index (χ1) is 15.3. The summed E-state index contributed by atoms with van der Waals surface area (Å²) in [4.78, 5) is 37.9. The van der Waals surface area contributed by atoms with Crippen LogP contribution >= 0.6 is 24.0 Å². The summed E-state index contributed by atoms with van der Waals surface area (Å²) in [6, 6.07) is 17.2. The van der Waals surface area contributed by atoms with Crippen LogP contribution in [0.1, 0.15) is 18.9 Å². The summed E-state index contributed by atoms with van der Waals surface area (Å²) >= 11 is 6.59. The largest absolute Gasteiger partial charge is 0.480 e. The van der Waals surface area contributed by atoms with E-state index in [1.807, 2.05) is 54.6 Å². The molecule has 2 amide bonds. The van der Waals surface area contributed by atoms with Crippen molar-refractivity contribution in [3.63, 3.8) is 0 Å². The van der Waals surface area contributed by atoms with Crippen LogP contribution in [0.25, 0.3) is 27.6 Å². The quantitative estimate of drug-likeness (QED) is 0.323. The monoisotopic (exact) mass is 464 g/mol. The fourth-order valence-corrected chi connectivity index (χ4v) is 4.91. The first-order valence-corrected chi connectivity index (χ1v) is 11.3. The summed E-state index contributed by atoms with van der Waals surface area (Å²) in [6.45, 7) is 1.48. The molecule has 1 unspecified atom stereocenters. The van der Waals surface area contributed by atoms with Gasteiger partial charge in [-0.05, 0) is 46.2 Å². The first-order valence-electron chi connectivity index (χ1n) is 10.0. The highest BCUT2D eigenvalue weighted by atomic mass is 32.2. The Labute approximate surface area is 194 Å². The molecule has 32 heavy (non-hydrogen) atoms. The fourth-order valence-electron chi connectivity index (χ4n) is 3.62. The number of thioether (sulfide) groups is 1. The van der Waals surface area contributed by atoms with Crippen molar-refractivity contribution in [2.45, 2.75) is 19.4 Å². The molecule has 0 saturated carbocycles. The van der Waals surface area contributed by atoms with E-state index in [1.54, 1.807) is 0 Å². The van der Waals surface area contributed by atoms with Gasteiger partial charge in [0.05, 0.1) is 4.91 Å². The number of benzene rings is 3. The van der Waals surface area contributed by atoms with Crippen molar-refractivity contribution in [3.8, 4) is 0 Å². The van der Waals surface area contributed by atoms with E-state index in [4.69, 9.17) is 17.3 Å². The van der Waals surface area contributed by atoms with Gasteiger partial charge in [0.15, 0.2) is 0 Å². The van der Waals surface area contributed by atoms with Gasteiger partial charge >= 0.3 is 5.97 Å². The van der Waals surface area contributed by atoms with Gasteiger partial charge in [0.1, 0.15) is 10.4 Å². The topological polar surface area (TPSA) is 86.7 Å². The lowest BCUT2D eigenvalue weighted by atomic mass is 9.96. The summed E-state index contributed by atoms with van der Waals surface area (Å²) in [5, 5.41) is 15.5. The third-order valence-corrected chi connectivity index (χ3v) is 6.65. The minimum Gasteiger partial charge on any atom is -0.480 e. The van der Waals surface area contributed by atoms with E-state index in [0.29, 0.717) is 9.23 Å². The first kappa shape index (κ1) is 22.0. The van der Waals surface area contributed by atoms with Crippen molar-refractivity contribution in [1.29, 1.82) is 0 Å². The second-order valence-corrected chi connectivity index (χ2v) is 9.12. The Morgan fingerprint density at radius 2 is 1.72 bits per heavy atom. The molecular weight excluding hydrogens is 444 g/mol. The fraction of sp³-hybridized carbons (Fsp3) is 0.167. The Morgan fingerprint density at radius 3 is 2.31 bits per heavy atom. The Kier molecular flexibility index (Phi) is 6.25. The van der Waals surface area contributed by atoms with Crippen LogP contribution in [0.4, 0.5) is 0 Å². The second-order valence-electron chi connectivity index (χ2n) is 7.44. The lowest BCUT2D eigenvalue weighted by molar-refractivity contribution is -0.141. The normalized spacial score (nSPS) is 16.2. The molecule has 6 nitrogen and oxygen atoms in total. The Hall–Kier alpha value is -3.23. The molecule has 162 valence electrons. The van der Waals surface area contributed by atoms with Gasteiger partial charge < -0.3 is 10.4 Å².